The molecule has 3 N–H and O–H groups in total. The molecule has 0 radical (unpaired) electrons. The Morgan fingerprint density at radius 3 is 2.28 bits per heavy atom. The maximum absolute atomic E-state index is 13.9. The molecule has 0 unspecified atom stereocenters. The Morgan fingerprint density at radius 2 is 1.68 bits per heavy atom. The average Bonchev–Trinajstić information content (AvgIpc) is 2.50. The molecule has 0 saturated carbocycles. The standard InChI is InChI=1S/C16H17ClFN3O3S/c1-10(2)19-16(22)20-11-6-8-12(9-7-11)21-25(23,24)14-5-3-4-13(17)15(14)18/h3-10,21H,1-2H3,(H2,19,20,22). The SMILES string of the molecule is CC(C)NC(=O)Nc1ccc(NS(=O)(=O)c2cccc(Cl)c2F)cc1. The van der Waals surface area contributed by atoms with E-state index in [2.05, 4.69) is 15.4 Å². The van der Waals surface area contributed by atoms with Gasteiger partial charge in [-0.3, -0.25) is 4.72 Å². The summed E-state index contributed by atoms with van der Waals surface area (Å²) in [6.07, 6.45) is 0. The molecule has 6 nitrogen and oxygen atoms in total. The van der Waals surface area contributed by atoms with Crippen LogP contribution in [-0.2, 0) is 10.0 Å². The Morgan fingerprint density at radius 1 is 1.08 bits per heavy atom. The molecule has 0 fully saturated rings. The number of hydrogen-bond donors (Lipinski definition) is 3. The Kier molecular flexibility index (Phi) is 5.86. The Hall–Kier alpha value is -2.32. The van der Waals surface area contributed by atoms with Crippen LogP contribution in [-0.4, -0.2) is 20.5 Å². The number of halogens is 2. The van der Waals surface area contributed by atoms with Crippen LogP contribution in [0.3, 0.4) is 0 Å². The molecule has 0 saturated heterocycles. The first-order chi connectivity index (χ1) is 11.7. The number of urea groups is 1. The monoisotopic (exact) mass is 385 g/mol. The fraction of sp³-hybridized carbons (Fsp3) is 0.188. The Bertz CT molecular complexity index is 871. The van der Waals surface area contributed by atoms with E-state index in [4.69, 9.17) is 11.6 Å². The minimum absolute atomic E-state index is 0.0151. The van der Waals surface area contributed by atoms with Crippen LogP contribution in [0.4, 0.5) is 20.6 Å². The maximum Gasteiger partial charge on any atom is 0.319 e. The number of hydrogen-bond acceptors (Lipinski definition) is 3. The smallest absolute Gasteiger partial charge is 0.319 e. The maximum atomic E-state index is 13.9. The van der Waals surface area contributed by atoms with Crippen molar-refractivity contribution in [1.82, 2.24) is 5.32 Å². The van der Waals surface area contributed by atoms with E-state index in [1.165, 1.54) is 36.4 Å². The molecule has 2 aromatic rings. The lowest BCUT2D eigenvalue weighted by Crippen LogP contribution is -2.34. The van der Waals surface area contributed by atoms with Crippen molar-refractivity contribution in [2.45, 2.75) is 24.8 Å². The minimum Gasteiger partial charge on any atom is -0.336 e. The van der Waals surface area contributed by atoms with Crippen molar-refractivity contribution in [3.63, 3.8) is 0 Å². The highest BCUT2D eigenvalue weighted by atomic mass is 35.5. The topological polar surface area (TPSA) is 87.3 Å². The van der Waals surface area contributed by atoms with E-state index in [9.17, 15) is 17.6 Å². The van der Waals surface area contributed by atoms with E-state index in [1.807, 2.05) is 13.8 Å². The highest BCUT2D eigenvalue weighted by Crippen LogP contribution is 2.24. The lowest BCUT2D eigenvalue weighted by Gasteiger charge is -2.12. The molecule has 0 aromatic heterocycles. The summed E-state index contributed by atoms with van der Waals surface area (Å²) in [4.78, 5) is 11.1. The highest BCUT2D eigenvalue weighted by molar-refractivity contribution is 7.92. The zero-order valence-corrected chi connectivity index (χ0v) is 15.1. The van der Waals surface area contributed by atoms with Gasteiger partial charge in [0, 0.05) is 17.4 Å². The zero-order chi connectivity index (χ0) is 18.6. The molecule has 134 valence electrons. The number of carbonyl (C=O) groups excluding carboxylic acids is 1. The lowest BCUT2D eigenvalue weighted by molar-refractivity contribution is 0.250. The van der Waals surface area contributed by atoms with Crippen LogP contribution >= 0.6 is 11.6 Å². The van der Waals surface area contributed by atoms with Crippen molar-refractivity contribution in [3.8, 4) is 0 Å². The fourth-order valence-electron chi connectivity index (χ4n) is 1.95. The van der Waals surface area contributed by atoms with Gasteiger partial charge in [-0.15, -0.1) is 0 Å². The Balaban J connectivity index is 2.13. The summed E-state index contributed by atoms with van der Waals surface area (Å²) in [5, 5.41) is 4.99. The van der Waals surface area contributed by atoms with Gasteiger partial charge in [0.05, 0.1) is 5.02 Å². The van der Waals surface area contributed by atoms with Crippen molar-refractivity contribution < 1.29 is 17.6 Å². The summed E-state index contributed by atoms with van der Waals surface area (Å²) in [5.74, 6) is -1.01. The molecule has 0 bridgehead atoms. The summed E-state index contributed by atoms with van der Waals surface area (Å²) in [7, 11) is -4.13. The molecule has 25 heavy (non-hydrogen) atoms. The van der Waals surface area contributed by atoms with E-state index >= 15 is 0 Å². The molecule has 0 aliphatic heterocycles. The lowest BCUT2D eigenvalue weighted by atomic mass is 10.3. The molecule has 0 aliphatic rings. The zero-order valence-electron chi connectivity index (χ0n) is 13.5. The first kappa shape index (κ1) is 19.0. The molecular formula is C16H17ClFN3O3S. The third-order valence-corrected chi connectivity index (χ3v) is 4.71. The molecule has 9 heteroatoms. The normalized spacial score (nSPS) is 11.2. The van der Waals surface area contributed by atoms with Crippen LogP contribution in [0.25, 0.3) is 0 Å². The van der Waals surface area contributed by atoms with Crippen LogP contribution in [0.15, 0.2) is 47.4 Å². The second-order valence-electron chi connectivity index (χ2n) is 5.49. The number of sulfonamides is 1. The van der Waals surface area contributed by atoms with Crippen LogP contribution < -0.4 is 15.4 Å². The third kappa shape index (κ3) is 5.07. The second-order valence-corrected chi connectivity index (χ2v) is 7.55. The van der Waals surface area contributed by atoms with Gasteiger partial charge in [0.25, 0.3) is 10.0 Å². The van der Waals surface area contributed by atoms with Crippen molar-refractivity contribution in [1.29, 1.82) is 0 Å². The van der Waals surface area contributed by atoms with Crippen molar-refractivity contribution in [2.24, 2.45) is 0 Å². The van der Waals surface area contributed by atoms with Gasteiger partial charge in [-0.25, -0.2) is 17.6 Å². The minimum atomic E-state index is -4.13. The van der Waals surface area contributed by atoms with E-state index in [0.29, 0.717) is 5.69 Å². The quantitative estimate of drug-likeness (QED) is 0.731. The van der Waals surface area contributed by atoms with Gasteiger partial charge in [0.15, 0.2) is 5.82 Å². The molecule has 2 amide bonds. The Labute approximate surface area is 150 Å². The predicted octanol–water partition coefficient (Wildman–Crippen LogP) is 3.81. The van der Waals surface area contributed by atoms with Crippen molar-refractivity contribution >= 4 is 39.0 Å². The van der Waals surface area contributed by atoms with Crippen molar-refractivity contribution in [3.05, 3.63) is 53.3 Å². The van der Waals surface area contributed by atoms with E-state index in [-0.39, 0.29) is 22.8 Å². The summed E-state index contributed by atoms with van der Waals surface area (Å²) >= 11 is 5.61. The number of benzene rings is 2. The van der Waals surface area contributed by atoms with Gasteiger partial charge in [-0.05, 0) is 50.2 Å². The summed E-state index contributed by atoms with van der Waals surface area (Å²) < 4.78 is 40.7. The van der Waals surface area contributed by atoms with Gasteiger partial charge in [-0.1, -0.05) is 17.7 Å². The molecule has 0 atom stereocenters. The van der Waals surface area contributed by atoms with Gasteiger partial charge in [0.2, 0.25) is 0 Å². The first-order valence-electron chi connectivity index (χ1n) is 7.33. The summed E-state index contributed by atoms with van der Waals surface area (Å²) in [6, 6.07) is 9.28. The predicted molar refractivity (Wildman–Crippen MR) is 96.0 cm³/mol. The summed E-state index contributed by atoms with van der Waals surface area (Å²) in [5.41, 5.74) is 0.698. The van der Waals surface area contributed by atoms with Gasteiger partial charge in [-0.2, -0.15) is 0 Å². The molecule has 0 heterocycles. The van der Waals surface area contributed by atoms with Crippen LogP contribution in [0.1, 0.15) is 13.8 Å². The van der Waals surface area contributed by atoms with E-state index in [1.54, 1.807) is 0 Å². The van der Waals surface area contributed by atoms with E-state index < -0.39 is 20.7 Å². The molecule has 2 aromatic carbocycles. The van der Waals surface area contributed by atoms with Gasteiger partial charge < -0.3 is 10.6 Å². The number of rotatable bonds is 5. The average molecular weight is 386 g/mol. The first-order valence-corrected chi connectivity index (χ1v) is 9.19. The number of carbonyl (C=O) groups is 1. The van der Waals surface area contributed by atoms with E-state index in [0.717, 1.165) is 6.07 Å². The van der Waals surface area contributed by atoms with Crippen LogP contribution in [0.5, 0.6) is 0 Å². The molecule has 2 rings (SSSR count). The van der Waals surface area contributed by atoms with Crippen LogP contribution in [0.2, 0.25) is 5.02 Å². The highest BCUT2D eigenvalue weighted by Gasteiger charge is 2.20. The van der Waals surface area contributed by atoms with Crippen LogP contribution in [0, 0.1) is 5.82 Å². The van der Waals surface area contributed by atoms with Crippen molar-refractivity contribution in [2.75, 3.05) is 10.0 Å². The van der Waals surface area contributed by atoms with Gasteiger partial charge in [0.1, 0.15) is 4.90 Å². The third-order valence-electron chi connectivity index (χ3n) is 3.02. The largest absolute Gasteiger partial charge is 0.336 e. The summed E-state index contributed by atoms with van der Waals surface area (Å²) in [6.45, 7) is 3.65. The number of nitrogens with one attached hydrogen (secondary N) is 3. The van der Waals surface area contributed by atoms with Gasteiger partial charge >= 0.3 is 6.03 Å². The number of anilines is 2. The number of amides is 2. The molecule has 0 aliphatic carbocycles. The molecular weight excluding hydrogens is 369 g/mol. The molecule has 0 spiro atoms. The second kappa shape index (κ2) is 7.71. The fourth-order valence-corrected chi connectivity index (χ4v) is 3.34.